The second-order valence-electron chi connectivity index (χ2n) is 6.43. The van der Waals surface area contributed by atoms with Gasteiger partial charge in [-0.15, -0.1) is 0 Å². The van der Waals surface area contributed by atoms with Gasteiger partial charge < -0.3 is 9.47 Å². The summed E-state index contributed by atoms with van der Waals surface area (Å²) in [6.45, 7) is 3.78. The van der Waals surface area contributed by atoms with Crippen molar-refractivity contribution >= 4 is 0 Å². The van der Waals surface area contributed by atoms with E-state index < -0.39 is 0 Å². The topological polar surface area (TPSA) is 18.5 Å². The molecule has 4 aliphatic rings. The van der Waals surface area contributed by atoms with Gasteiger partial charge >= 0.3 is 0 Å². The zero-order valence-electron chi connectivity index (χ0n) is 10.7. The fraction of sp³-hybridized carbons (Fsp3) is 0.867. The van der Waals surface area contributed by atoms with Crippen LogP contribution in [0.4, 0.5) is 0 Å². The summed E-state index contributed by atoms with van der Waals surface area (Å²) in [6.07, 6.45) is 10.5. The van der Waals surface area contributed by atoms with Gasteiger partial charge in [0.2, 0.25) is 0 Å². The van der Waals surface area contributed by atoms with E-state index in [0.29, 0.717) is 5.41 Å². The van der Waals surface area contributed by atoms with E-state index in [2.05, 4.69) is 13.0 Å². The Morgan fingerprint density at radius 2 is 2.06 bits per heavy atom. The molecule has 0 radical (unpaired) electrons. The van der Waals surface area contributed by atoms with Crippen LogP contribution in [0.1, 0.15) is 45.4 Å². The van der Waals surface area contributed by atoms with E-state index >= 15 is 0 Å². The summed E-state index contributed by atoms with van der Waals surface area (Å²) >= 11 is 0. The SMILES string of the molecule is CC1([C@@]23CCC[C@@H](C2)C2=CCCC23)OCCO1. The maximum atomic E-state index is 6.06. The second kappa shape index (κ2) is 3.36. The maximum Gasteiger partial charge on any atom is 0.171 e. The first-order valence-corrected chi connectivity index (χ1v) is 7.23. The Morgan fingerprint density at radius 3 is 2.88 bits per heavy atom. The van der Waals surface area contributed by atoms with E-state index in [9.17, 15) is 0 Å². The van der Waals surface area contributed by atoms with Gasteiger partial charge in [-0.3, -0.25) is 0 Å². The molecular formula is C15H22O2. The Kier molecular flexibility index (Phi) is 2.09. The standard InChI is InChI=1S/C15H22O2/c1-14(16-8-9-17-14)15-7-3-4-11(10-15)12-5-2-6-13(12)15/h5,11,13H,2-4,6-10H2,1H3/t11-,13?,15-/m0/s1. The van der Waals surface area contributed by atoms with Crippen molar-refractivity contribution in [2.45, 2.75) is 51.2 Å². The largest absolute Gasteiger partial charge is 0.347 e. The van der Waals surface area contributed by atoms with Gasteiger partial charge in [0.1, 0.15) is 0 Å². The summed E-state index contributed by atoms with van der Waals surface area (Å²) < 4.78 is 12.1. The van der Waals surface area contributed by atoms with Crippen molar-refractivity contribution < 1.29 is 9.47 Å². The summed E-state index contributed by atoms with van der Waals surface area (Å²) in [5, 5.41) is 0. The highest BCUT2D eigenvalue weighted by Crippen LogP contribution is 2.66. The van der Waals surface area contributed by atoms with Gasteiger partial charge in [-0.2, -0.15) is 0 Å². The number of allylic oxidation sites excluding steroid dienone is 2. The van der Waals surface area contributed by atoms with E-state index in [4.69, 9.17) is 9.47 Å². The van der Waals surface area contributed by atoms with Crippen LogP contribution >= 0.6 is 0 Å². The van der Waals surface area contributed by atoms with Crippen LogP contribution < -0.4 is 0 Å². The molecule has 2 saturated carbocycles. The van der Waals surface area contributed by atoms with Crippen LogP contribution in [0.25, 0.3) is 0 Å². The summed E-state index contributed by atoms with van der Waals surface area (Å²) in [5.41, 5.74) is 2.07. The third kappa shape index (κ3) is 1.18. The number of rotatable bonds is 1. The lowest BCUT2D eigenvalue weighted by Gasteiger charge is -2.47. The van der Waals surface area contributed by atoms with E-state index in [-0.39, 0.29) is 5.79 Å². The fourth-order valence-electron chi connectivity index (χ4n) is 5.21. The molecule has 0 aromatic carbocycles. The Hall–Kier alpha value is -0.340. The van der Waals surface area contributed by atoms with Crippen molar-refractivity contribution in [2.75, 3.05) is 13.2 Å². The molecule has 1 aliphatic heterocycles. The highest BCUT2D eigenvalue weighted by Gasteiger charge is 2.63. The van der Waals surface area contributed by atoms with Crippen molar-refractivity contribution in [3.8, 4) is 0 Å². The van der Waals surface area contributed by atoms with Crippen molar-refractivity contribution in [3.63, 3.8) is 0 Å². The molecule has 4 rings (SSSR count). The molecule has 17 heavy (non-hydrogen) atoms. The molecule has 0 N–H and O–H groups in total. The predicted octanol–water partition coefficient (Wildman–Crippen LogP) is 3.28. The average molecular weight is 234 g/mol. The minimum Gasteiger partial charge on any atom is -0.347 e. The number of hydrogen-bond acceptors (Lipinski definition) is 2. The molecule has 2 heteroatoms. The molecule has 0 aromatic heterocycles. The normalized spacial score (nSPS) is 47.0. The minimum atomic E-state index is -0.295. The summed E-state index contributed by atoms with van der Waals surface area (Å²) in [4.78, 5) is 0. The third-order valence-electron chi connectivity index (χ3n) is 5.91. The zero-order valence-corrected chi connectivity index (χ0v) is 10.7. The lowest BCUT2D eigenvalue weighted by Crippen LogP contribution is -2.50. The van der Waals surface area contributed by atoms with Crippen LogP contribution in [0.2, 0.25) is 0 Å². The fourth-order valence-corrected chi connectivity index (χ4v) is 5.21. The van der Waals surface area contributed by atoms with Crippen LogP contribution in [0, 0.1) is 17.3 Å². The summed E-state index contributed by atoms with van der Waals surface area (Å²) in [6, 6.07) is 0. The molecular weight excluding hydrogens is 212 g/mol. The van der Waals surface area contributed by atoms with Crippen LogP contribution in [-0.2, 0) is 9.47 Å². The third-order valence-corrected chi connectivity index (χ3v) is 5.91. The van der Waals surface area contributed by atoms with Gasteiger partial charge in [-0.05, 0) is 50.9 Å². The summed E-state index contributed by atoms with van der Waals surface area (Å²) in [5.74, 6) is 1.31. The first-order chi connectivity index (χ1) is 8.25. The van der Waals surface area contributed by atoms with E-state index in [1.165, 1.54) is 38.5 Å². The highest BCUT2D eigenvalue weighted by molar-refractivity contribution is 5.29. The Bertz CT molecular complexity index is 367. The minimum absolute atomic E-state index is 0.295. The van der Waals surface area contributed by atoms with Crippen LogP contribution in [0.5, 0.6) is 0 Å². The highest BCUT2D eigenvalue weighted by atomic mass is 16.7. The zero-order chi connectivity index (χ0) is 11.5. The molecule has 3 fully saturated rings. The molecule has 0 spiro atoms. The van der Waals surface area contributed by atoms with Crippen molar-refractivity contribution in [2.24, 2.45) is 17.3 Å². The lowest BCUT2D eigenvalue weighted by molar-refractivity contribution is -0.242. The van der Waals surface area contributed by atoms with E-state index in [1.54, 1.807) is 5.57 Å². The van der Waals surface area contributed by atoms with E-state index in [1.807, 2.05) is 0 Å². The lowest BCUT2D eigenvalue weighted by atomic mass is 9.65. The van der Waals surface area contributed by atoms with E-state index in [0.717, 1.165) is 25.0 Å². The van der Waals surface area contributed by atoms with Crippen LogP contribution in [0.15, 0.2) is 11.6 Å². The monoisotopic (exact) mass is 234 g/mol. The smallest absolute Gasteiger partial charge is 0.171 e. The number of fused-ring (bicyclic) bond motifs is 5. The molecule has 3 atom stereocenters. The number of ether oxygens (including phenoxy) is 2. The van der Waals surface area contributed by atoms with Crippen molar-refractivity contribution in [3.05, 3.63) is 11.6 Å². The second-order valence-corrected chi connectivity index (χ2v) is 6.43. The first kappa shape index (κ1) is 10.6. The quantitative estimate of drug-likeness (QED) is 0.648. The number of hydrogen-bond donors (Lipinski definition) is 0. The molecule has 3 aliphatic carbocycles. The van der Waals surface area contributed by atoms with Gasteiger partial charge in [0, 0.05) is 5.41 Å². The van der Waals surface area contributed by atoms with Gasteiger partial charge in [0.05, 0.1) is 13.2 Å². The van der Waals surface area contributed by atoms with Crippen LogP contribution in [0.3, 0.4) is 0 Å². The van der Waals surface area contributed by atoms with Gasteiger partial charge in [-0.25, -0.2) is 0 Å². The molecule has 1 unspecified atom stereocenters. The van der Waals surface area contributed by atoms with Crippen molar-refractivity contribution in [1.29, 1.82) is 0 Å². The van der Waals surface area contributed by atoms with Crippen LogP contribution in [-0.4, -0.2) is 19.0 Å². The summed E-state index contributed by atoms with van der Waals surface area (Å²) in [7, 11) is 0. The molecule has 0 amide bonds. The first-order valence-electron chi connectivity index (χ1n) is 7.23. The Morgan fingerprint density at radius 1 is 1.24 bits per heavy atom. The van der Waals surface area contributed by atoms with Crippen molar-refractivity contribution in [1.82, 2.24) is 0 Å². The Labute approximate surface area is 103 Å². The van der Waals surface area contributed by atoms with Gasteiger partial charge in [0.25, 0.3) is 0 Å². The molecule has 1 heterocycles. The predicted molar refractivity (Wildman–Crippen MR) is 65.5 cm³/mol. The average Bonchev–Trinajstić information content (AvgIpc) is 3.01. The van der Waals surface area contributed by atoms with Gasteiger partial charge in [0.15, 0.2) is 5.79 Å². The Balaban J connectivity index is 1.79. The molecule has 0 aromatic rings. The molecule has 2 bridgehead atoms. The van der Waals surface area contributed by atoms with Gasteiger partial charge in [-0.1, -0.05) is 18.1 Å². The molecule has 1 saturated heterocycles. The molecule has 94 valence electrons. The maximum absolute atomic E-state index is 6.06. The molecule has 2 nitrogen and oxygen atoms in total.